The first-order valence-corrected chi connectivity index (χ1v) is 7.18. The SMILES string of the molecule is CC(C(=O)O)c1cccc(Oc2cc(C(F)(F)F)cc(C(F)(F)F)c2)c1. The van der Waals surface area contributed by atoms with Gasteiger partial charge in [0.2, 0.25) is 0 Å². The Morgan fingerprint density at radius 2 is 1.46 bits per heavy atom. The van der Waals surface area contributed by atoms with Crippen LogP contribution in [-0.2, 0) is 17.1 Å². The molecule has 2 rings (SSSR count). The molecule has 1 unspecified atom stereocenters. The van der Waals surface area contributed by atoms with Gasteiger partial charge in [-0.2, -0.15) is 26.3 Å². The van der Waals surface area contributed by atoms with E-state index in [2.05, 4.69) is 0 Å². The molecule has 0 radical (unpaired) electrons. The second-order valence-electron chi connectivity index (χ2n) is 5.48. The standard InChI is InChI=1S/C17H12F6O3/c1-9(15(24)25)10-3-2-4-13(5-10)26-14-7-11(16(18,19)20)6-12(8-14)17(21,22)23/h2-9H,1H3,(H,24,25). The number of hydrogen-bond acceptors (Lipinski definition) is 2. The molecular formula is C17H12F6O3. The van der Waals surface area contributed by atoms with E-state index < -0.39 is 41.1 Å². The van der Waals surface area contributed by atoms with Gasteiger partial charge in [-0.15, -0.1) is 0 Å². The van der Waals surface area contributed by atoms with Crippen LogP contribution in [0.15, 0.2) is 42.5 Å². The fourth-order valence-electron chi connectivity index (χ4n) is 2.11. The van der Waals surface area contributed by atoms with Crippen LogP contribution >= 0.6 is 0 Å². The highest BCUT2D eigenvalue weighted by Gasteiger charge is 2.37. The second kappa shape index (κ2) is 6.89. The molecule has 1 N–H and O–H groups in total. The van der Waals surface area contributed by atoms with Gasteiger partial charge >= 0.3 is 18.3 Å². The van der Waals surface area contributed by atoms with Crippen molar-refractivity contribution in [1.82, 2.24) is 0 Å². The average Bonchev–Trinajstić information content (AvgIpc) is 2.52. The Hall–Kier alpha value is -2.71. The summed E-state index contributed by atoms with van der Waals surface area (Å²) in [5.41, 5.74) is -2.72. The van der Waals surface area contributed by atoms with Crippen LogP contribution in [0.1, 0.15) is 29.5 Å². The Kier molecular flexibility index (Phi) is 5.20. The number of alkyl halides is 6. The van der Waals surface area contributed by atoms with Gasteiger partial charge in [-0.1, -0.05) is 12.1 Å². The normalized spacial score (nSPS) is 13.3. The molecule has 3 nitrogen and oxygen atoms in total. The number of hydrogen-bond donors (Lipinski definition) is 1. The maximum atomic E-state index is 12.8. The fraction of sp³-hybridized carbons (Fsp3) is 0.235. The zero-order valence-corrected chi connectivity index (χ0v) is 13.2. The van der Waals surface area contributed by atoms with E-state index in [9.17, 15) is 31.1 Å². The summed E-state index contributed by atoms with van der Waals surface area (Å²) in [6.07, 6.45) is -9.97. The Balaban J connectivity index is 2.43. The van der Waals surface area contributed by atoms with Crippen molar-refractivity contribution < 1.29 is 41.0 Å². The van der Waals surface area contributed by atoms with Gasteiger partial charge in [0.25, 0.3) is 0 Å². The molecule has 0 bridgehead atoms. The molecule has 2 aromatic rings. The first-order valence-electron chi connectivity index (χ1n) is 7.18. The van der Waals surface area contributed by atoms with Crippen LogP contribution in [0.25, 0.3) is 0 Å². The molecule has 0 spiro atoms. The predicted molar refractivity (Wildman–Crippen MR) is 79.0 cm³/mol. The summed E-state index contributed by atoms with van der Waals surface area (Å²) in [5, 5.41) is 8.98. The third-order valence-electron chi connectivity index (χ3n) is 3.53. The molecule has 0 aliphatic heterocycles. The summed E-state index contributed by atoms with van der Waals surface area (Å²) in [6, 6.07) is 6.28. The van der Waals surface area contributed by atoms with Crippen LogP contribution in [0.5, 0.6) is 11.5 Å². The minimum Gasteiger partial charge on any atom is -0.481 e. The van der Waals surface area contributed by atoms with Crippen LogP contribution in [0, 0.1) is 0 Å². The maximum Gasteiger partial charge on any atom is 0.416 e. The van der Waals surface area contributed by atoms with E-state index in [-0.39, 0.29) is 17.4 Å². The van der Waals surface area contributed by atoms with E-state index in [1.54, 1.807) is 0 Å². The summed E-state index contributed by atoms with van der Waals surface area (Å²) in [6.45, 7) is 1.38. The molecule has 0 heterocycles. The van der Waals surface area contributed by atoms with Gasteiger partial charge in [-0.05, 0) is 42.8 Å². The lowest BCUT2D eigenvalue weighted by Gasteiger charge is -2.15. The lowest BCUT2D eigenvalue weighted by molar-refractivity contribution is -0.143. The molecule has 2 aromatic carbocycles. The number of carboxylic acid groups (broad SMARTS) is 1. The van der Waals surface area contributed by atoms with Gasteiger partial charge in [0.05, 0.1) is 17.0 Å². The summed E-state index contributed by atoms with van der Waals surface area (Å²) in [5.74, 6) is -2.80. The highest BCUT2D eigenvalue weighted by Crippen LogP contribution is 2.39. The minimum atomic E-state index is -4.99. The third-order valence-corrected chi connectivity index (χ3v) is 3.53. The molecule has 9 heteroatoms. The van der Waals surface area contributed by atoms with Gasteiger partial charge in [-0.3, -0.25) is 4.79 Å². The van der Waals surface area contributed by atoms with Crippen molar-refractivity contribution in [2.24, 2.45) is 0 Å². The van der Waals surface area contributed by atoms with Crippen molar-refractivity contribution >= 4 is 5.97 Å². The number of aliphatic carboxylic acids is 1. The topological polar surface area (TPSA) is 46.5 Å². The molecule has 0 amide bonds. The zero-order valence-electron chi connectivity index (χ0n) is 13.2. The van der Waals surface area contributed by atoms with E-state index in [0.717, 1.165) is 0 Å². The average molecular weight is 378 g/mol. The third kappa shape index (κ3) is 4.68. The van der Waals surface area contributed by atoms with E-state index in [1.807, 2.05) is 0 Å². The van der Waals surface area contributed by atoms with Crippen LogP contribution in [0.4, 0.5) is 26.3 Å². The summed E-state index contributed by atoms with van der Waals surface area (Å²) in [4.78, 5) is 11.0. The van der Waals surface area contributed by atoms with E-state index in [1.165, 1.54) is 31.2 Å². The fourth-order valence-corrected chi connectivity index (χ4v) is 2.11. The van der Waals surface area contributed by atoms with Crippen LogP contribution in [0.3, 0.4) is 0 Å². The van der Waals surface area contributed by atoms with E-state index in [4.69, 9.17) is 9.84 Å². The van der Waals surface area contributed by atoms with Gasteiger partial charge < -0.3 is 9.84 Å². The first kappa shape index (κ1) is 19.6. The van der Waals surface area contributed by atoms with Crippen LogP contribution in [-0.4, -0.2) is 11.1 Å². The van der Waals surface area contributed by atoms with E-state index >= 15 is 0 Å². The Labute approximate surface area is 143 Å². The maximum absolute atomic E-state index is 12.8. The molecule has 0 saturated heterocycles. The first-order chi connectivity index (χ1) is 11.9. The van der Waals surface area contributed by atoms with Crippen LogP contribution < -0.4 is 4.74 Å². The molecular weight excluding hydrogens is 366 g/mol. The largest absolute Gasteiger partial charge is 0.481 e. The van der Waals surface area contributed by atoms with Gasteiger partial charge in [0, 0.05) is 0 Å². The number of ether oxygens (including phenoxy) is 1. The number of carboxylic acids is 1. The van der Waals surface area contributed by atoms with Crippen molar-refractivity contribution in [2.75, 3.05) is 0 Å². The zero-order chi connectivity index (χ0) is 19.7. The Morgan fingerprint density at radius 3 is 1.92 bits per heavy atom. The highest BCUT2D eigenvalue weighted by molar-refractivity contribution is 5.75. The molecule has 0 aromatic heterocycles. The van der Waals surface area contributed by atoms with Crippen molar-refractivity contribution in [1.29, 1.82) is 0 Å². The van der Waals surface area contributed by atoms with Crippen molar-refractivity contribution in [3.05, 3.63) is 59.2 Å². The lowest BCUT2D eigenvalue weighted by Crippen LogP contribution is -2.11. The predicted octanol–water partition coefficient (Wildman–Crippen LogP) is 5.70. The number of halogens is 6. The second-order valence-corrected chi connectivity index (χ2v) is 5.48. The van der Waals surface area contributed by atoms with Crippen molar-refractivity contribution in [3.8, 4) is 11.5 Å². The number of rotatable bonds is 4. The summed E-state index contributed by atoms with van der Waals surface area (Å²) in [7, 11) is 0. The quantitative estimate of drug-likeness (QED) is 0.694. The molecule has 0 aliphatic rings. The van der Waals surface area contributed by atoms with Crippen LogP contribution in [0.2, 0.25) is 0 Å². The number of carbonyl (C=O) groups is 1. The minimum absolute atomic E-state index is 0.00418. The van der Waals surface area contributed by atoms with Gasteiger partial charge in [0.15, 0.2) is 0 Å². The van der Waals surface area contributed by atoms with Gasteiger partial charge in [-0.25, -0.2) is 0 Å². The summed E-state index contributed by atoms with van der Waals surface area (Å²) < 4.78 is 82.2. The lowest BCUT2D eigenvalue weighted by atomic mass is 10.0. The smallest absolute Gasteiger partial charge is 0.416 e. The van der Waals surface area contributed by atoms with Gasteiger partial charge in [0.1, 0.15) is 11.5 Å². The number of benzene rings is 2. The molecule has 0 aliphatic carbocycles. The molecule has 140 valence electrons. The van der Waals surface area contributed by atoms with Crippen molar-refractivity contribution in [3.63, 3.8) is 0 Å². The monoisotopic (exact) mass is 378 g/mol. The molecule has 0 fully saturated rings. The summed E-state index contributed by atoms with van der Waals surface area (Å²) >= 11 is 0. The molecule has 1 atom stereocenters. The van der Waals surface area contributed by atoms with E-state index in [0.29, 0.717) is 12.1 Å². The molecule has 26 heavy (non-hydrogen) atoms. The highest BCUT2D eigenvalue weighted by atomic mass is 19.4. The Bertz CT molecular complexity index is 779. The molecule has 0 saturated carbocycles. The van der Waals surface area contributed by atoms with Crippen molar-refractivity contribution in [2.45, 2.75) is 25.2 Å². The Morgan fingerprint density at radius 1 is 0.923 bits per heavy atom.